The van der Waals surface area contributed by atoms with Gasteiger partial charge in [0, 0.05) is 6.42 Å². The average molecular weight is 277 g/mol. The molecule has 2 aromatic carbocycles. The van der Waals surface area contributed by atoms with Gasteiger partial charge in [0.15, 0.2) is 0 Å². The highest BCUT2D eigenvalue weighted by molar-refractivity contribution is 5.98. The van der Waals surface area contributed by atoms with Crippen LogP contribution in [0, 0.1) is 0 Å². The van der Waals surface area contributed by atoms with Gasteiger partial charge in [-0.15, -0.1) is 0 Å². The minimum atomic E-state index is 0.158. The van der Waals surface area contributed by atoms with Crippen LogP contribution in [-0.4, -0.2) is 5.91 Å². The van der Waals surface area contributed by atoms with Gasteiger partial charge >= 0.3 is 0 Å². The van der Waals surface area contributed by atoms with Gasteiger partial charge in [-0.2, -0.15) is 0 Å². The van der Waals surface area contributed by atoms with Gasteiger partial charge in [0.05, 0.1) is 12.2 Å². The van der Waals surface area contributed by atoms with E-state index in [1.54, 1.807) is 0 Å². The highest BCUT2D eigenvalue weighted by atomic mass is 16.2. The maximum Gasteiger partial charge on any atom is 0.227 e. The molecule has 0 aliphatic carbocycles. The Balaban J connectivity index is 2.23. The predicted molar refractivity (Wildman–Crippen MR) is 87.9 cm³/mol. The van der Waals surface area contributed by atoms with E-state index in [0.29, 0.717) is 13.0 Å². The molecule has 2 aromatic rings. The lowest BCUT2D eigenvalue weighted by Gasteiger charge is -2.27. The van der Waals surface area contributed by atoms with Crippen LogP contribution in [0.2, 0.25) is 0 Å². The van der Waals surface area contributed by atoms with Gasteiger partial charge in [0.2, 0.25) is 5.91 Å². The number of carbonyl (C=O) groups is 1. The Kier molecular flexibility index (Phi) is 3.61. The van der Waals surface area contributed by atoms with Crippen LogP contribution in [0.4, 0.5) is 5.69 Å². The van der Waals surface area contributed by atoms with Crippen molar-refractivity contribution in [1.82, 2.24) is 0 Å². The molecule has 0 spiro atoms. The van der Waals surface area contributed by atoms with Crippen molar-refractivity contribution in [2.24, 2.45) is 0 Å². The van der Waals surface area contributed by atoms with Gasteiger partial charge in [-0.25, -0.2) is 0 Å². The molecule has 0 saturated heterocycles. The summed E-state index contributed by atoms with van der Waals surface area (Å²) >= 11 is 0. The molecular weight excluding hydrogens is 258 g/mol. The number of hydrogen-bond donors (Lipinski definition) is 0. The largest absolute Gasteiger partial charge is 0.307 e. The second-order valence-electron chi connectivity index (χ2n) is 5.38. The number of nitrogens with zero attached hydrogens (tertiary/aromatic N) is 1. The molecule has 0 radical (unpaired) electrons. The third-order valence-corrected chi connectivity index (χ3v) is 3.97. The van der Waals surface area contributed by atoms with Crippen LogP contribution < -0.4 is 4.90 Å². The van der Waals surface area contributed by atoms with Crippen molar-refractivity contribution in [3.8, 4) is 0 Å². The van der Waals surface area contributed by atoms with Gasteiger partial charge in [-0.1, -0.05) is 49.4 Å². The Morgan fingerprint density at radius 3 is 2.62 bits per heavy atom. The summed E-state index contributed by atoms with van der Waals surface area (Å²) in [5, 5.41) is 0. The molecule has 1 amide bonds. The van der Waals surface area contributed by atoms with Crippen LogP contribution in [0.1, 0.15) is 37.0 Å². The second kappa shape index (κ2) is 5.57. The molecule has 2 heteroatoms. The molecule has 0 fully saturated rings. The fourth-order valence-electron chi connectivity index (χ4n) is 2.88. The van der Waals surface area contributed by atoms with Crippen LogP contribution in [-0.2, 0) is 11.3 Å². The smallest absolute Gasteiger partial charge is 0.227 e. The van der Waals surface area contributed by atoms with Crippen molar-refractivity contribution < 1.29 is 4.79 Å². The fraction of sp³-hybridized carbons (Fsp3) is 0.211. The first-order valence-corrected chi connectivity index (χ1v) is 7.36. The molecule has 21 heavy (non-hydrogen) atoms. The van der Waals surface area contributed by atoms with Crippen molar-refractivity contribution in [3.63, 3.8) is 0 Å². The number of fused-ring (bicyclic) bond motifs is 2. The van der Waals surface area contributed by atoms with Gasteiger partial charge in [0.1, 0.15) is 0 Å². The van der Waals surface area contributed by atoms with Crippen LogP contribution in [0.15, 0.2) is 48.5 Å². The summed E-state index contributed by atoms with van der Waals surface area (Å²) in [5.41, 5.74) is 5.76. The summed E-state index contributed by atoms with van der Waals surface area (Å²) in [6.45, 7) is 4.68. The second-order valence-corrected chi connectivity index (χ2v) is 5.38. The number of rotatable bonds is 1. The first-order chi connectivity index (χ1) is 10.2. The normalized spacial score (nSPS) is 16.1. The molecule has 0 aromatic heterocycles. The van der Waals surface area contributed by atoms with Crippen molar-refractivity contribution in [2.45, 2.75) is 26.8 Å². The highest BCUT2D eigenvalue weighted by Crippen LogP contribution is 2.32. The molecule has 0 unspecified atom stereocenters. The van der Waals surface area contributed by atoms with Crippen molar-refractivity contribution in [2.75, 3.05) is 4.90 Å². The van der Waals surface area contributed by atoms with Crippen LogP contribution >= 0.6 is 0 Å². The molecule has 0 saturated carbocycles. The lowest BCUT2D eigenvalue weighted by molar-refractivity contribution is -0.118. The number of allylic oxidation sites excluding steroid dienone is 1. The predicted octanol–water partition coefficient (Wildman–Crippen LogP) is 4.50. The third kappa shape index (κ3) is 2.49. The van der Waals surface area contributed by atoms with Crippen LogP contribution in [0.5, 0.6) is 0 Å². The minimum absolute atomic E-state index is 0.158. The van der Waals surface area contributed by atoms with E-state index < -0.39 is 0 Å². The quantitative estimate of drug-likeness (QED) is 0.751. The zero-order valence-electron chi connectivity index (χ0n) is 12.5. The van der Waals surface area contributed by atoms with E-state index in [1.165, 1.54) is 16.7 Å². The Hall–Kier alpha value is -2.35. The Morgan fingerprint density at radius 2 is 1.81 bits per heavy atom. The van der Waals surface area contributed by atoms with Crippen LogP contribution in [0.25, 0.3) is 11.6 Å². The monoisotopic (exact) mass is 277 g/mol. The molecule has 106 valence electrons. The molecule has 1 heterocycles. The van der Waals surface area contributed by atoms with E-state index in [1.807, 2.05) is 36.1 Å². The lowest BCUT2D eigenvalue weighted by atomic mass is 9.95. The fourth-order valence-corrected chi connectivity index (χ4v) is 2.88. The molecular formula is C19H19NO. The standard InChI is InChI=1S/C19H19NO/c1-3-19(21)20-13-16-9-4-6-10-17(16)14(2)12-15-8-5-7-11-18(15)20/h4-12H,3,13H2,1-2H3/b14-12-. The topological polar surface area (TPSA) is 20.3 Å². The first kappa shape index (κ1) is 13.6. The van der Waals surface area contributed by atoms with Gasteiger partial charge in [0.25, 0.3) is 0 Å². The molecule has 1 aliphatic rings. The summed E-state index contributed by atoms with van der Waals surface area (Å²) in [5.74, 6) is 0.158. The molecule has 1 aliphatic heterocycles. The number of carbonyl (C=O) groups excluding carboxylic acids is 1. The molecule has 3 rings (SSSR count). The zero-order valence-corrected chi connectivity index (χ0v) is 12.5. The van der Waals surface area contributed by atoms with E-state index in [0.717, 1.165) is 11.3 Å². The highest BCUT2D eigenvalue weighted by Gasteiger charge is 2.20. The number of amides is 1. The SMILES string of the molecule is CCC(=O)N1Cc2ccccc2/C(C)=C\c2ccccc21. The zero-order chi connectivity index (χ0) is 14.8. The average Bonchev–Trinajstić information content (AvgIpc) is 2.51. The number of hydrogen-bond acceptors (Lipinski definition) is 1. The molecule has 2 nitrogen and oxygen atoms in total. The Bertz CT molecular complexity index is 715. The summed E-state index contributed by atoms with van der Waals surface area (Å²) < 4.78 is 0. The van der Waals surface area contributed by atoms with Crippen molar-refractivity contribution in [3.05, 3.63) is 65.2 Å². The maximum atomic E-state index is 12.4. The molecule has 0 bridgehead atoms. The summed E-state index contributed by atoms with van der Waals surface area (Å²) in [6.07, 6.45) is 2.68. The number of anilines is 1. The van der Waals surface area contributed by atoms with E-state index in [9.17, 15) is 4.79 Å². The van der Waals surface area contributed by atoms with Gasteiger partial charge in [-0.05, 0) is 41.3 Å². The minimum Gasteiger partial charge on any atom is -0.307 e. The summed E-state index contributed by atoms with van der Waals surface area (Å²) in [7, 11) is 0. The third-order valence-electron chi connectivity index (χ3n) is 3.97. The van der Waals surface area contributed by atoms with Crippen molar-refractivity contribution >= 4 is 23.2 Å². The van der Waals surface area contributed by atoms with E-state index in [2.05, 4.69) is 37.3 Å². The Morgan fingerprint density at radius 1 is 1.10 bits per heavy atom. The lowest BCUT2D eigenvalue weighted by Crippen LogP contribution is -2.31. The molecule has 0 N–H and O–H groups in total. The van der Waals surface area contributed by atoms with Crippen LogP contribution in [0.3, 0.4) is 0 Å². The van der Waals surface area contributed by atoms with E-state index >= 15 is 0 Å². The van der Waals surface area contributed by atoms with E-state index in [4.69, 9.17) is 0 Å². The van der Waals surface area contributed by atoms with Gasteiger partial charge < -0.3 is 4.90 Å². The number of para-hydroxylation sites is 1. The summed E-state index contributed by atoms with van der Waals surface area (Å²) in [6, 6.07) is 16.4. The van der Waals surface area contributed by atoms with Crippen molar-refractivity contribution in [1.29, 1.82) is 0 Å². The Labute approximate surface area is 125 Å². The van der Waals surface area contributed by atoms with E-state index in [-0.39, 0.29) is 5.91 Å². The summed E-state index contributed by atoms with van der Waals surface area (Å²) in [4.78, 5) is 14.3. The molecule has 0 atom stereocenters. The van der Waals surface area contributed by atoms with Gasteiger partial charge in [-0.3, -0.25) is 4.79 Å². The number of benzene rings is 2. The first-order valence-electron chi connectivity index (χ1n) is 7.36. The maximum absolute atomic E-state index is 12.4.